The van der Waals surface area contributed by atoms with Gasteiger partial charge in [-0.25, -0.2) is 0 Å². The molecular formula is C15H18N2O2. The molecule has 0 saturated carbocycles. The lowest BCUT2D eigenvalue weighted by atomic mass is 9.96. The Morgan fingerprint density at radius 2 is 1.84 bits per heavy atom. The lowest BCUT2D eigenvalue weighted by molar-refractivity contribution is -0.123. The first-order valence-corrected chi connectivity index (χ1v) is 6.22. The molecule has 0 fully saturated rings. The lowest BCUT2D eigenvalue weighted by Gasteiger charge is -2.16. The van der Waals surface area contributed by atoms with Crippen molar-refractivity contribution >= 4 is 11.7 Å². The molecule has 2 aromatic rings. The van der Waals surface area contributed by atoms with Crippen molar-refractivity contribution in [3.63, 3.8) is 0 Å². The topological polar surface area (TPSA) is 55.1 Å². The van der Waals surface area contributed by atoms with Gasteiger partial charge >= 0.3 is 0 Å². The number of benzene rings is 1. The summed E-state index contributed by atoms with van der Waals surface area (Å²) in [6, 6.07) is 9.60. The van der Waals surface area contributed by atoms with Crippen molar-refractivity contribution in [1.29, 1.82) is 0 Å². The van der Waals surface area contributed by atoms with E-state index < -0.39 is 5.41 Å². The SMILES string of the molecule is Cc1oc(-c2ccccc2)nc1NC(=O)C(C)(C)C. The number of amides is 1. The third-order valence-electron chi connectivity index (χ3n) is 2.73. The number of rotatable bonds is 2. The standard InChI is InChI=1S/C15H18N2O2/c1-10-12(17-14(18)15(2,3)4)16-13(19-10)11-8-6-5-7-9-11/h5-9H,1-4H3,(H,17,18). The number of oxazole rings is 1. The quantitative estimate of drug-likeness (QED) is 0.894. The fourth-order valence-corrected chi connectivity index (χ4v) is 1.51. The van der Waals surface area contributed by atoms with E-state index in [0.717, 1.165) is 5.56 Å². The molecule has 0 saturated heterocycles. The molecule has 0 radical (unpaired) electrons. The second-order valence-electron chi connectivity index (χ2n) is 5.49. The van der Waals surface area contributed by atoms with Gasteiger partial charge in [0.2, 0.25) is 11.8 Å². The van der Waals surface area contributed by atoms with Crippen LogP contribution in [0.4, 0.5) is 5.82 Å². The molecule has 19 heavy (non-hydrogen) atoms. The van der Waals surface area contributed by atoms with Crippen LogP contribution in [0.15, 0.2) is 34.7 Å². The van der Waals surface area contributed by atoms with E-state index in [1.165, 1.54) is 0 Å². The molecule has 0 unspecified atom stereocenters. The van der Waals surface area contributed by atoms with E-state index in [1.807, 2.05) is 51.1 Å². The van der Waals surface area contributed by atoms with Crippen LogP contribution >= 0.6 is 0 Å². The van der Waals surface area contributed by atoms with E-state index in [9.17, 15) is 4.79 Å². The average Bonchev–Trinajstić information content (AvgIpc) is 2.71. The van der Waals surface area contributed by atoms with Crippen LogP contribution in [0.5, 0.6) is 0 Å². The van der Waals surface area contributed by atoms with Gasteiger partial charge in [0.15, 0.2) is 5.82 Å². The maximum atomic E-state index is 11.9. The van der Waals surface area contributed by atoms with E-state index in [-0.39, 0.29) is 5.91 Å². The second-order valence-corrected chi connectivity index (χ2v) is 5.49. The smallest absolute Gasteiger partial charge is 0.230 e. The first kappa shape index (κ1) is 13.3. The van der Waals surface area contributed by atoms with Crippen LogP contribution in [-0.2, 0) is 4.79 Å². The summed E-state index contributed by atoms with van der Waals surface area (Å²) >= 11 is 0. The number of hydrogen-bond donors (Lipinski definition) is 1. The highest BCUT2D eigenvalue weighted by Crippen LogP contribution is 2.25. The van der Waals surface area contributed by atoms with Gasteiger partial charge in [0.25, 0.3) is 0 Å². The molecule has 0 aliphatic rings. The van der Waals surface area contributed by atoms with E-state index in [2.05, 4.69) is 10.3 Å². The zero-order chi connectivity index (χ0) is 14.0. The minimum absolute atomic E-state index is 0.0801. The Labute approximate surface area is 112 Å². The number of aryl methyl sites for hydroxylation is 1. The van der Waals surface area contributed by atoms with E-state index in [1.54, 1.807) is 6.92 Å². The predicted octanol–water partition coefficient (Wildman–Crippen LogP) is 3.63. The highest BCUT2D eigenvalue weighted by Gasteiger charge is 2.23. The largest absolute Gasteiger partial charge is 0.439 e. The van der Waals surface area contributed by atoms with Crippen LogP contribution in [0.1, 0.15) is 26.5 Å². The minimum Gasteiger partial charge on any atom is -0.439 e. The van der Waals surface area contributed by atoms with Crippen molar-refractivity contribution in [1.82, 2.24) is 4.98 Å². The number of carbonyl (C=O) groups excluding carboxylic acids is 1. The Morgan fingerprint density at radius 1 is 1.21 bits per heavy atom. The van der Waals surface area contributed by atoms with Gasteiger partial charge in [-0.1, -0.05) is 39.0 Å². The zero-order valence-corrected chi connectivity index (χ0v) is 11.7. The zero-order valence-electron chi connectivity index (χ0n) is 11.7. The Balaban J connectivity index is 2.25. The molecule has 0 spiro atoms. The number of carbonyl (C=O) groups is 1. The maximum absolute atomic E-state index is 11.9. The molecule has 0 bridgehead atoms. The highest BCUT2D eigenvalue weighted by molar-refractivity contribution is 5.94. The maximum Gasteiger partial charge on any atom is 0.230 e. The van der Waals surface area contributed by atoms with Gasteiger partial charge in [0.1, 0.15) is 5.76 Å². The summed E-state index contributed by atoms with van der Waals surface area (Å²) in [4.78, 5) is 16.3. The third-order valence-corrected chi connectivity index (χ3v) is 2.73. The van der Waals surface area contributed by atoms with Crippen LogP contribution in [0.25, 0.3) is 11.5 Å². The fraction of sp³-hybridized carbons (Fsp3) is 0.333. The van der Waals surface area contributed by atoms with Gasteiger partial charge < -0.3 is 9.73 Å². The van der Waals surface area contributed by atoms with Crippen molar-refractivity contribution in [3.05, 3.63) is 36.1 Å². The molecule has 0 atom stereocenters. The van der Waals surface area contributed by atoms with Crippen LogP contribution in [-0.4, -0.2) is 10.9 Å². The molecule has 2 rings (SSSR count). The molecule has 4 heteroatoms. The Hall–Kier alpha value is -2.10. The Kier molecular flexibility index (Phi) is 3.42. The van der Waals surface area contributed by atoms with Gasteiger partial charge in [0.05, 0.1) is 0 Å². The summed E-state index contributed by atoms with van der Waals surface area (Å²) in [5.41, 5.74) is 0.431. The molecular weight excluding hydrogens is 240 g/mol. The van der Waals surface area contributed by atoms with Crippen molar-refractivity contribution in [2.24, 2.45) is 5.41 Å². The van der Waals surface area contributed by atoms with E-state index in [4.69, 9.17) is 4.42 Å². The van der Waals surface area contributed by atoms with Gasteiger partial charge in [-0.05, 0) is 19.1 Å². The number of hydrogen-bond acceptors (Lipinski definition) is 3. The normalized spacial score (nSPS) is 11.4. The van der Waals surface area contributed by atoms with Gasteiger partial charge in [0, 0.05) is 11.0 Å². The van der Waals surface area contributed by atoms with E-state index in [0.29, 0.717) is 17.5 Å². The highest BCUT2D eigenvalue weighted by atomic mass is 16.4. The summed E-state index contributed by atoms with van der Waals surface area (Å²) in [6.07, 6.45) is 0. The molecule has 0 aliphatic carbocycles. The summed E-state index contributed by atoms with van der Waals surface area (Å²) in [5, 5.41) is 2.80. The van der Waals surface area contributed by atoms with Gasteiger partial charge in [-0.3, -0.25) is 4.79 Å². The van der Waals surface area contributed by atoms with Crippen LogP contribution in [0.2, 0.25) is 0 Å². The number of nitrogens with one attached hydrogen (secondary N) is 1. The Morgan fingerprint density at radius 3 is 2.42 bits per heavy atom. The summed E-state index contributed by atoms with van der Waals surface area (Å²) < 4.78 is 5.59. The van der Waals surface area contributed by atoms with Crippen molar-refractivity contribution in [2.45, 2.75) is 27.7 Å². The summed E-state index contributed by atoms with van der Waals surface area (Å²) in [7, 11) is 0. The molecule has 1 N–H and O–H groups in total. The monoisotopic (exact) mass is 258 g/mol. The van der Waals surface area contributed by atoms with Crippen LogP contribution in [0.3, 0.4) is 0 Å². The molecule has 100 valence electrons. The van der Waals surface area contributed by atoms with Gasteiger partial charge in [-0.15, -0.1) is 0 Å². The summed E-state index contributed by atoms with van der Waals surface area (Å²) in [6.45, 7) is 7.36. The molecule has 1 heterocycles. The predicted molar refractivity (Wildman–Crippen MR) is 74.8 cm³/mol. The molecule has 4 nitrogen and oxygen atoms in total. The molecule has 1 amide bonds. The van der Waals surface area contributed by atoms with E-state index >= 15 is 0 Å². The molecule has 0 aliphatic heterocycles. The fourth-order valence-electron chi connectivity index (χ4n) is 1.51. The Bertz CT molecular complexity index is 580. The molecule has 1 aromatic heterocycles. The van der Waals surface area contributed by atoms with Crippen LogP contribution < -0.4 is 5.32 Å². The third kappa shape index (κ3) is 3.02. The average molecular weight is 258 g/mol. The first-order valence-electron chi connectivity index (χ1n) is 6.22. The van der Waals surface area contributed by atoms with Crippen molar-refractivity contribution in [3.8, 4) is 11.5 Å². The second kappa shape index (κ2) is 4.88. The molecule has 1 aromatic carbocycles. The number of anilines is 1. The summed E-state index contributed by atoms with van der Waals surface area (Å²) in [5.74, 6) is 1.53. The van der Waals surface area contributed by atoms with Crippen molar-refractivity contribution in [2.75, 3.05) is 5.32 Å². The number of nitrogens with zero attached hydrogens (tertiary/aromatic N) is 1. The van der Waals surface area contributed by atoms with Crippen molar-refractivity contribution < 1.29 is 9.21 Å². The number of aromatic nitrogens is 1. The van der Waals surface area contributed by atoms with Crippen LogP contribution in [0, 0.1) is 12.3 Å². The lowest BCUT2D eigenvalue weighted by Crippen LogP contribution is -2.28. The minimum atomic E-state index is -0.460. The first-order chi connectivity index (χ1) is 8.88. The van der Waals surface area contributed by atoms with Gasteiger partial charge in [-0.2, -0.15) is 4.98 Å².